The van der Waals surface area contributed by atoms with E-state index in [4.69, 9.17) is 14.2 Å². The summed E-state index contributed by atoms with van der Waals surface area (Å²) in [5.74, 6) is 2.69. The Morgan fingerprint density at radius 1 is 1.10 bits per heavy atom. The van der Waals surface area contributed by atoms with Gasteiger partial charge >= 0.3 is 0 Å². The van der Waals surface area contributed by atoms with E-state index in [-0.39, 0.29) is 31.4 Å². The summed E-state index contributed by atoms with van der Waals surface area (Å²) in [6.45, 7) is 1.58. The highest BCUT2D eigenvalue weighted by molar-refractivity contribution is 7.99. The number of hydrogen-bond acceptors (Lipinski definition) is 6. The van der Waals surface area contributed by atoms with Crippen LogP contribution in [0.1, 0.15) is 12.8 Å². The van der Waals surface area contributed by atoms with E-state index >= 15 is 0 Å². The summed E-state index contributed by atoms with van der Waals surface area (Å²) >= 11 is 1.75. The number of nitrogens with one attached hydrogen (secondary N) is 1. The monoisotopic (exact) mass is 414 g/mol. The molecule has 0 aliphatic carbocycles. The molecule has 0 aromatic heterocycles. The van der Waals surface area contributed by atoms with Gasteiger partial charge in [0.25, 0.3) is 0 Å². The smallest absolute Gasteiger partial charge is 0.231 e. The van der Waals surface area contributed by atoms with Gasteiger partial charge in [0, 0.05) is 36.1 Å². The minimum atomic E-state index is -0.160. The van der Waals surface area contributed by atoms with Crippen LogP contribution in [0.5, 0.6) is 17.2 Å². The van der Waals surface area contributed by atoms with Crippen LogP contribution in [0, 0.1) is 0 Å². The lowest BCUT2D eigenvalue weighted by Gasteiger charge is -2.29. The van der Waals surface area contributed by atoms with Gasteiger partial charge in [0.1, 0.15) is 12.4 Å². The quantitative estimate of drug-likeness (QED) is 0.702. The lowest BCUT2D eigenvalue weighted by molar-refractivity contribution is -0.125. The second-order valence-electron chi connectivity index (χ2n) is 6.58. The largest absolute Gasteiger partial charge is 0.492 e. The van der Waals surface area contributed by atoms with Gasteiger partial charge in [-0.2, -0.15) is 0 Å². The Balaban J connectivity index is 1.17. The maximum Gasteiger partial charge on any atom is 0.231 e. The second-order valence-corrected chi connectivity index (χ2v) is 7.71. The van der Waals surface area contributed by atoms with E-state index in [1.165, 1.54) is 0 Å². The zero-order valence-corrected chi connectivity index (χ0v) is 16.7. The zero-order valence-electron chi connectivity index (χ0n) is 15.9. The summed E-state index contributed by atoms with van der Waals surface area (Å²) in [5, 5.41) is 2.79. The molecule has 2 aromatic rings. The van der Waals surface area contributed by atoms with E-state index in [9.17, 15) is 9.59 Å². The normalized spacial score (nSPS) is 14.3. The van der Waals surface area contributed by atoms with Crippen LogP contribution in [0.4, 0.5) is 5.69 Å². The van der Waals surface area contributed by atoms with Crippen LogP contribution >= 0.6 is 11.8 Å². The van der Waals surface area contributed by atoms with Gasteiger partial charge in [-0.05, 0) is 24.3 Å². The summed E-state index contributed by atoms with van der Waals surface area (Å²) in [5.41, 5.74) is 0.936. The number of para-hydroxylation sites is 1. The highest BCUT2D eigenvalue weighted by atomic mass is 32.2. The number of nitrogens with zero attached hydrogens (tertiary/aromatic N) is 1. The molecule has 2 aliphatic rings. The Labute approximate surface area is 173 Å². The summed E-state index contributed by atoms with van der Waals surface area (Å²) in [4.78, 5) is 27.5. The van der Waals surface area contributed by atoms with Crippen molar-refractivity contribution in [2.45, 2.75) is 17.7 Å². The van der Waals surface area contributed by atoms with Crippen LogP contribution in [-0.4, -0.2) is 44.1 Å². The molecule has 2 aliphatic heterocycles. The molecule has 0 spiro atoms. The third kappa shape index (κ3) is 4.76. The summed E-state index contributed by atoms with van der Waals surface area (Å²) < 4.78 is 16.2. The summed E-state index contributed by atoms with van der Waals surface area (Å²) in [6, 6.07) is 13.2. The molecular weight excluding hydrogens is 392 g/mol. The first kappa shape index (κ1) is 19.4. The van der Waals surface area contributed by atoms with Gasteiger partial charge < -0.3 is 24.4 Å². The lowest BCUT2D eigenvalue weighted by atomic mass is 10.2. The van der Waals surface area contributed by atoms with Crippen LogP contribution in [0.15, 0.2) is 47.4 Å². The van der Waals surface area contributed by atoms with Gasteiger partial charge in [-0.25, -0.2) is 0 Å². The Bertz CT molecular complexity index is 904. The van der Waals surface area contributed by atoms with Crippen LogP contribution in [0.2, 0.25) is 0 Å². The van der Waals surface area contributed by atoms with Crippen LogP contribution in [-0.2, 0) is 9.59 Å². The SMILES string of the molecule is O=C(CCC(=O)N1CCSc2ccccc21)NCCOc1ccc2c(c1)OCO2. The molecule has 2 amide bonds. The predicted octanol–water partition coefficient (Wildman–Crippen LogP) is 2.83. The van der Waals surface area contributed by atoms with Gasteiger partial charge in [0.05, 0.1) is 12.2 Å². The number of carbonyl (C=O) groups is 2. The molecule has 0 fully saturated rings. The molecule has 0 radical (unpaired) electrons. The average Bonchev–Trinajstić information content (AvgIpc) is 3.22. The predicted molar refractivity (Wildman–Crippen MR) is 110 cm³/mol. The van der Waals surface area contributed by atoms with Crippen molar-refractivity contribution in [3.8, 4) is 17.2 Å². The van der Waals surface area contributed by atoms with Crippen molar-refractivity contribution >= 4 is 29.3 Å². The van der Waals surface area contributed by atoms with Crippen LogP contribution in [0.25, 0.3) is 0 Å². The van der Waals surface area contributed by atoms with Gasteiger partial charge in [-0.1, -0.05) is 12.1 Å². The fourth-order valence-corrected chi connectivity index (χ4v) is 4.19. The molecular formula is C21H22N2O5S. The number of anilines is 1. The van der Waals surface area contributed by atoms with Crippen molar-refractivity contribution in [3.63, 3.8) is 0 Å². The third-order valence-corrected chi connectivity index (χ3v) is 5.68. The van der Waals surface area contributed by atoms with Crippen molar-refractivity contribution < 1.29 is 23.8 Å². The van der Waals surface area contributed by atoms with E-state index in [1.54, 1.807) is 34.9 Å². The van der Waals surface area contributed by atoms with Gasteiger partial charge in [-0.15, -0.1) is 11.8 Å². The maximum absolute atomic E-state index is 12.6. The van der Waals surface area contributed by atoms with Crippen LogP contribution < -0.4 is 24.4 Å². The molecule has 4 rings (SSSR count). The fourth-order valence-electron chi connectivity index (χ4n) is 3.20. The summed E-state index contributed by atoms with van der Waals surface area (Å²) in [7, 11) is 0. The first-order valence-corrected chi connectivity index (χ1v) is 10.5. The van der Waals surface area contributed by atoms with Crippen molar-refractivity contribution in [1.29, 1.82) is 0 Å². The molecule has 0 bridgehead atoms. The molecule has 2 heterocycles. The maximum atomic E-state index is 12.6. The third-order valence-electron chi connectivity index (χ3n) is 4.63. The number of fused-ring (bicyclic) bond motifs is 2. The Kier molecular flexibility index (Phi) is 6.09. The average molecular weight is 414 g/mol. The molecule has 7 nitrogen and oxygen atoms in total. The van der Waals surface area contributed by atoms with Gasteiger partial charge in [0.2, 0.25) is 18.6 Å². The number of rotatable bonds is 7. The standard InChI is InChI=1S/C21H22N2O5S/c24-20(22-9-11-26-15-5-6-17-18(13-15)28-14-27-17)7-8-21(25)23-10-12-29-19-4-2-1-3-16(19)23/h1-6,13H,7-12,14H2,(H,22,24). The molecule has 0 unspecified atom stereocenters. The first-order chi connectivity index (χ1) is 14.2. The van der Waals surface area contributed by atoms with Crippen molar-refractivity contribution in [2.75, 3.05) is 37.1 Å². The molecule has 1 N–H and O–H groups in total. The molecule has 0 atom stereocenters. The Morgan fingerprint density at radius 3 is 2.90 bits per heavy atom. The lowest BCUT2D eigenvalue weighted by Crippen LogP contribution is -2.36. The number of amides is 2. The van der Waals surface area contributed by atoms with Gasteiger partial charge in [0.15, 0.2) is 11.5 Å². The van der Waals surface area contributed by atoms with E-state index in [0.717, 1.165) is 16.3 Å². The molecule has 29 heavy (non-hydrogen) atoms. The number of hydrogen-bond donors (Lipinski definition) is 1. The van der Waals surface area contributed by atoms with Gasteiger partial charge in [-0.3, -0.25) is 9.59 Å². The van der Waals surface area contributed by atoms with Crippen molar-refractivity contribution in [2.24, 2.45) is 0 Å². The minimum absolute atomic E-state index is 0.0236. The number of ether oxygens (including phenoxy) is 3. The topological polar surface area (TPSA) is 77.1 Å². The molecule has 8 heteroatoms. The van der Waals surface area contributed by atoms with Crippen molar-refractivity contribution in [1.82, 2.24) is 5.32 Å². The minimum Gasteiger partial charge on any atom is -0.492 e. The zero-order chi connectivity index (χ0) is 20.1. The summed E-state index contributed by atoms with van der Waals surface area (Å²) in [6.07, 6.45) is 0.350. The van der Waals surface area contributed by atoms with E-state index in [0.29, 0.717) is 36.9 Å². The first-order valence-electron chi connectivity index (χ1n) is 9.52. The number of thioether (sulfide) groups is 1. The van der Waals surface area contributed by atoms with E-state index in [1.807, 2.05) is 24.3 Å². The fraction of sp³-hybridized carbons (Fsp3) is 0.333. The Morgan fingerprint density at radius 2 is 1.97 bits per heavy atom. The molecule has 0 saturated heterocycles. The van der Waals surface area contributed by atoms with E-state index < -0.39 is 0 Å². The molecule has 2 aromatic carbocycles. The molecule has 0 saturated carbocycles. The molecule has 152 valence electrons. The highest BCUT2D eigenvalue weighted by Gasteiger charge is 2.22. The van der Waals surface area contributed by atoms with E-state index in [2.05, 4.69) is 5.32 Å². The number of carbonyl (C=O) groups excluding carboxylic acids is 2. The Hall–Kier alpha value is -2.87. The van der Waals surface area contributed by atoms with Crippen LogP contribution in [0.3, 0.4) is 0 Å². The second kappa shape index (κ2) is 9.09. The number of benzene rings is 2. The highest BCUT2D eigenvalue weighted by Crippen LogP contribution is 2.35. The van der Waals surface area contributed by atoms with Crippen molar-refractivity contribution in [3.05, 3.63) is 42.5 Å².